The van der Waals surface area contributed by atoms with E-state index in [-0.39, 0.29) is 0 Å². The number of nitrogens with zero attached hydrogens (tertiary/aromatic N) is 2. The highest BCUT2D eigenvalue weighted by Gasteiger charge is 2.20. The van der Waals surface area contributed by atoms with E-state index in [1.807, 2.05) is 13.1 Å². The Bertz CT molecular complexity index is 360. The smallest absolute Gasteiger partial charge is 0.224 e. The molecule has 94 valence electrons. The van der Waals surface area contributed by atoms with Gasteiger partial charge in [-0.2, -0.15) is 4.98 Å². The van der Waals surface area contributed by atoms with Gasteiger partial charge in [-0.3, -0.25) is 0 Å². The van der Waals surface area contributed by atoms with Crippen LogP contribution >= 0.6 is 0 Å². The first kappa shape index (κ1) is 12.1. The number of aromatic nitrogens is 2. The summed E-state index contributed by atoms with van der Waals surface area (Å²) in [5.74, 6) is 2.66. The minimum absolute atomic E-state index is 0.728. The molecule has 0 saturated heterocycles. The molecule has 2 rings (SSSR count). The Morgan fingerprint density at radius 2 is 2.12 bits per heavy atom. The zero-order valence-electron chi connectivity index (χ0n) is 10.8. The Morgan fingerprint density at radius 3 is 2.82 bits per heavy atom. The van der Waals surface area contributed by atoms with Crippen LogP contribution in [-0.2, 0) is 0 Å². The second-order valence-corrected chi connectivity index (χ2v) is 4.81. The lowest BCUT2D eigenvalue weighted by atomic mass is 10.3. The first-order valence-corrected chi connectivity index (χ1v) is 6.61. The second-order valence-electron chi connectivity index (χ2n) is 4.81. The van der Waals surface area contributed by atoms with Gasteiger partial charge < -0.3 is 10.6 Å². The number of nitrogens with one attached hydrogen (secondary N) is 2. The summed E-state index contributed by atoms with van der Waals surface area (Å²) >= 11 is 0. The van der Waals surface area contributed by atoms with Crippen LogP contribution in [0.3, 0.4) is 0 Å². The summed E-state index contributed by atoms with van der Waals surface area (Å²) in [5, 5.41) is 6.62. The Morgan fingerprint density at radius 1 is 1.29 bits per heavy atom. The average Bonchev–Trinajstić information content (AvgIpc) is 3.14. The van der Waals surface area contributed by atoms with Crippen molar-refractivity contribution in [3.8, 4) is 0 Å². The van der Waals surface area contributed by atoms with Crippen molar-refractivity contribution in [1.82, 2.24) is 9.97 Å². The highest BCUT2D eigenvalue weighted by molar-refractivity contribution is 5.46. The van der Waals surface area contributed by atoms with Crippen molar-refractivity contribution in [2.75, 3.05) is 23.7 Å². The Labute approximate surface area is 103 Å². The molecule has 4 heteroatoms. The summed E-state index contributed by atoms with van der Waals surface area (Å²) in [6.07, 6.45) is 7.05. The van der Waals surface area contributed by atoms with Gasteiger partial charge >= 0.3 is 0 Å². The van der Waals surface area contributed by atoms with Crippen molar-refractivity contribution in [3.05, 3.63) is 11.8 Å². The third-order valence-corrected chi connectivity index (χ3v) is 3.05. The van der Waals surface area contributed by atoms with Gasteiger partial charge in [0.1, 0.15) is 5.82 Å². The van der Waals surface area contributed by atoms with Gasteiger partial charge in [-0.05, 0) is 25.7 Å². The van der Waals surface area contributed by atoms with Crippen molar-refractivity contribution in [2.45, 2.75) is 39.5 Å². The third kappa shape index (κ3) is 3.88. The van der Waals surface area contributed by atoms with Crippen molar-refractivity contribution >= 4 is 11.8 Å². The Hall–Kier alpha value is -1.32. The highest BCUT2D eigenvalue weighted by Crippen LogP contribution is 2.32. The van der Waals surface area contributed by atoms with E-state index in [0.717, 1.165) is 42.8 Å². The van der Waals surface area contributed by atoms with Crippen LogP contribution in [0.2, 0.25) is 0 Å². The van der Waals surface area contributed by atoms with Crippen LogP contribution in [0.5, 0.6) is 0 Å². The molecule has 0 bridgehead atoms. The van der Waals surface area contributed by atoms with Crippen LogP contribution < -0.4 is 10.6 Å². The topological polar surface area (TPSA) is 49.8 Å². The molecule has 0 aromatic carbocycles. The molecule has 0 atom stereocenters. The molecule has 0 radical (unpaired) electrons. The maximum Gasteiger partial charge on any atom is 0.224 e. The van der Waals surface area contributed by atoms with Gasteiger partial charge in [0.15, 0.2) is 0 Å². The lowest BCUT2D eigenvalue weighted by Crippen LogP contribution is -2.10. The molecular weight excluding hydrogens is 212 g/mol. The van der Waals surface area contributed by atoms with E-state index in [2.05, 4.69) is 27.5 Å². The zero-order valence-corrected chi connectivity index (χ0v) is 10.8. The minimum atomic E-state index is 0.728. The van der Waals surface area contributed by atoms with Gasteiger partial charge in [-0.15, -0.1) is 0 Å². The van der Waals surface area contributed by atoms with E-state index in [1.165, 1.54) is 19.3 Å². The van der Waals surface area contributed by atoms with E-state index in [0.29, 0.717) is 0 Å². The summed E-state index contributed by atoms with van der Waals surface area (Å²) in [4.78, 5) is 8.76. The SMILES string of the molecule is CCCNc1ncc(C)c(NCCC2CC2)n1. The molecule has 1 fully saturated rings. The predicted molar refractivity (Wildman–Crippen MR) is 71.4 cm³/mol. The van der Waals surface area contributed by atoms with Gasteiger partial charge in [-0.25, -0.2) is 4.98 Å². The minimum Gasteiger partial charge on any atom is -0.370 e. The molecule has 4 nitrogen and oxygen atoms in total. The number of anilines is 2. The summed E-state index contributed by atoms with van der Waals surface area (Å²) in [7, 11) is 0. The predicted octanol–water partition coefficient (Wildman–Crippen LogP) is 2.82. The Kier molecular flexibility index (Phi) is 4.18. The van der Waals surface area contributed by atoms with Gasteiger partial charge in [0.2, 0.25) is 5.95 Å². The van der Waals surface area contributed by atoms with E-state index in [1.54, 1.807) is 0 Å². The first-order valence-electron chi connectivity index (χ1n) is 6.61. The third-order valence-electron chi connectivity index (χ3n) is 3.05. The fourth-order valence-electron chi connectivity index (χ4n) is 1.74. The molecule has 2 N–H and O–H groups in total. The van der Waals surface area contributed by atoms with Crippen LogP contribution in [0, 0.1) is 12.8 Å². The van der Waals surface area contributed by atoms with Crippen molar-refractivity contribution in [2.24, 2.45) is 5.92 Å². The second kappa shape index (κ2) is 5.84. The maximum atomic E-state index is 4.49. The molecular formula is C13H22N4. The number of hydrogen-bond acceptors (Lipinski definition) is 4. The average molecular weight is 234 g/mol. The summed E-state index contributed by atoms with van der Waals surface area (Å²) in [6, 6.07) is 0. The van der Waals surface area contributed by atoms with Gasteiger partial charge in [0, 0.05) is 24.8 Å². The molecule has 1 aliphatic carbocycles. The van der Waals surface area contributed by atoms with Gasteiger partial charge in [0.05, 0.1) is 0 Å². The molecule has 1 heterocycles. The molecule has 0 unspecified atom stereocenters. The fourth-order valence-corrected chi connectivity index (χ4v) is 1.74. The zero-order chi connectivity index (χ0) is 12.1. The standard InChI is InChI=1S/C13H22N4/c1-3-7-15-13-16-9-10(2)12(17-13)14-8-6-11-4-5-11/h9,11H,3-8H2,1-2H3,(H2,14,15,16,17). The van der Waals surface area contributed by atoms with E-state index in [9.17, 15) is 0 Å². The van der Waals surface area contributed by atoms with Crippen LogP contribution in [0.15, 0.2) is 6.20 Å². The van der Waals surface area contributed by atoms with Crippen LogP contribution in [0.4, 0.5) is 11.8 Å². The molecule has 1 aromatic heterocycles. The van der Waals surface area contributed by atoms with Crippen LogP contribution in [-0.4, -0.2) is 23.1 Å². The number of hydrogen-bond donors (Lipinski definition) is 2. The lowest BCUT2D eigenvalue weighted by Gasteiger charge is -2.10. The molecule has 17 heavy (non-hydrogen) atoms. The normalized spacial score (nSPS) is 14.7. The summed E-state index contributed by atoms with van der Waals surface area (Å²) < 4.78 is 0. The first-order chi connectivity index (χ1) is 8.29. The number of aryl methyl sites for hydroxylation is 1. The Balaban J connectivity index is 1.88. The van der Waals surface area contributed by atoms with Crippen molar-refractivity contribution in [3.63, 3.8) is 0 Å². The molecule has 1 aliphatic rings. The fraction of sp³-hybridized carbons (Fsp3) is 0.692. The van der Waals surface area contributed by atoms with E-state index >= 15 is 0 Å². The van der Waals surface area contributed by atoms with Crippen LogP contribution in [0.1, 0.15) is 38.2 Å². The molecule has 0 spiro atoms. The summed E-state index contributed by atoms with van der Waals surface area (Å²) in [5.41, 5.74) is 1.11. The van der Waals surface area contributed by atoms with Crippen LogP contribution in [0.25, 0.3) is 0 Å². The molecule has 1 aromatic rings. The molecule has 1 saturated carbocycles. The monoisotopic (exact) mass is 234 g/mol. The quantitative estimate of drug-likeness (QED) is 0.761. The highest BCUT2D eigenvalue weighted by atomic mass is 15.1. The van der Waals surface area contributed by atoms with Crippen molar-refractivity contribution < 1.29 is 0 Å². The molecule has 0 amide bonds. The van der Waals surface area contributed by atoms with Gasteiger partial charge in [-0.1, -0.05) is 19.8 Å². The van der Waals surface area contributed by atoms with E-state index < -0.39 is 0 Å². The largest absolute Gasteiger partial charge is 0.370 e. The molecule has 0 aliphatic heterocycles. The number of rotatable bonds is 7. The van der Waals surface area contributed by atoms with Crippen molar-refractivity contribution in [1.29, 1.82) is 0 Å². The lowest BCUT2D eigenvalue weighted by molar-refractivity contribution is 0.757. The van der Waals surface area contributed by atoms with E-state index in [4.69, 9.17) is 0 Å². The summed E-state index contributed by atoms with van der Waals surface area (Å²) in [6.45, 7) is 6.12. The maximum absolute atomic E-state index is 4.49. The van der Waals surface area contributed by atoms with Gasteiger partial charge in [0.25, 0.3) is 0 Å².